The standard InChI is InChI=1S/C21H19Cl2N3O3/c22-16-7-5-13(10-17(16)23)24-20(27)12-29-14-6-8-18-15(11-14)21(28)26-9-3-1-2-4-19(26)25-18/h5-8,10-11H,1-4,9,12H2,(H,24,27). The lowest BCUT2D eigenvalue weighted by molar-refractivity contribution is -0.118. The van der Waals surface area contributed by atoms with Crippen molar-refractivity contribution >= 4 is 45.7 Å². The van der Waals surface area contributed by atoms with Crippen LogP contribution in [-0.2, 0) is 17.8 Å². The number of carbonyl (C=O) groups excluding carboxylic acids is 1. The van der Waals surface area contributed by atoms with E-state index in [0.29, 0.717) is 38.9 Å². The molecular weight excluding hydrogens is 413 g/mol. The first-order valence-electron chi connectivity index (χ1n) is 9.42. The van der Waals surface area contributed by atoms with E-state index in [-0.39, 0.29) is 18.1 Å². The van der Waals surface area contributed by atoms with Crippen molar-refractivity contribution in [3.05, 3.63) is 62.6 Å². The molecule has 0 fully saturated rings. The number of ether oxygens (including phenoxy) is 1. The number of aromatic nitrogens is 2. The highest BCUT2D eigenvalue weighted by Crippen LogP contribution is 2.25. The Labute approximate surface area is 177 Å². The predicted molar refractivity (Wildman–Crippen MR) is 114 cm³/mol. The van der Waals surface area contributed by atoms with Gasteiger partial charge in [0.15, 0.2) is 6.61 Å². The Morgan fingerprint density at radius 3 is 2.79 bits per heavy atom. The van der Waals surface area contributed by atoms with Crippen LogP contribution in [0.15, 0.2) is 41.2 Å². The fraction of sp³-hybridized carbons (Fsp3) is 0.286. The molecule has 1 aromatic heterocycles. The number of nitrogens with one attached hydrogen (secondary N) is 1. The van der Waals surface area contributed by atoms with Gasteiger partial charge in [0.1, 0.15) is 11.6 Å². The lowest BCUT2D eigenvalue weighted by Crippen LogP contribution is -2.24. The zero-order valence-corrected chi connectivity index (χ0v) is 17.1. The second-order valence-corrected chi connectivity index (χ2v) is 7.75. The van der Waals surface area contributed by atoms with Crippen LogP contribution in [0.4, 0.5) is 5.69 Å². The second-order valence-electron chi connectivity index (χ2n) is 6.94. The van der Waals surface area contributed by atoms with Crippen LogP contribution in [0.1, 0.15) is 25.1 Å². The average Bonchev–Trinajstić information content (AvgIpc) is 2.95. The lowest BCUT2D eigenvalue weighted by atomic mass is 10.2. The van der Waals surface area contributed by atoms with Gasteiger partial charge in [-0.2, -0.15) is 0 Å². The smallest absolute Gasteiger partial charge is 0.262 e. The minimum absolute atomic E-state index is 0.0578. The number of anilines is 1. The number of hydrogen-bond donors (Lipinski definition) is 1. The summed E-state index contributed by atoms with van der Waals surface area (Å²) in [6, 6.07) is 9.95. The third-order valence-electron chi connectivity index (χ3n) is 4.86. The molecule has 0 atom stereocenters. The maximum atomic E-state index is 12.9. The van der Waals surface area contributed by atoms with Gasteiger partial charge in [-0.05, 0) is 49.2 Å². The molecule has 4 rings (SSSR count). The van der Waals surface area contributed by atoms with Crippen LogP contribution in [0.5, 0.6) is 5.75 Å². The highest BCUT2D eigenvalue weighted by molar-refractivity contribution is 6.42. The molecule has 0 radical (unpaired) electrons. The highest BCUT2D eigenvalue weighted by Gasteiger charge is 2.14. The van der Waals surface area contributed by atoms with Gasteiger partial charge in [-0.15, -0.1) is 0 Å². The topological polar surface area (TPSA) is 73.2 Å². The number of fused-ring (bicyclic) bond motifs is 2. The summed E-state index contributed by atoms with van der Waals surface area (Å²) in [7, 11) is 0. The van der Waals surface area contributed by atoms with Crippen molar-refractivity contribution in [1.29, 1.82) is 0 Å². The summed E-state index contributed by atoms with van der Waals surface area (Å²) in [6.45, 7) is 0.486. The van der Waals surface area contributed by atoms with Crippen LogP contribution < -0.4 is 15.6 Å². The fourth-order valence-electron chi connectivity index (χ4n) is 3.41. The number of rotatable bonds is 4. The number of benzene rings is 2. The van der Waals surface area contributed by atoms with Gasteiger partial charge in [0.25, 0.3) is 11.5 Å². The Hall–Kier alpha value is -2.57. The van der Waals surface area contributed by atoms with Crippen molar-refractivity contribution in [2.24, 2.45) is 0 Å². The van der Waals surface area contributed by atoms with Gasteiger partial charge in [-0.3, -0.25) is 14.2 Å². The number of hydrogen-bond acceptors (Lipinski definition) is 4. The number of aryl methyl sites for hydroxylation is 1. The van der Waals surface area contributed by atoms with Gasteiger partial charge >= 0.3 is 0 Å². The first kappa shape index (κ1) is 19.7. The summed E-state index contributed by atoms with van der Waals surface area (Å²) in [6.07, 6.45) is 3.94. The number of halogens is 2. The molecule has 0 aliphatic carbocycles. The summed E-state index contributed by atoms with van der Waals surface area (Å²) < 4.78 is 7.34. The molecule has 3 aromatic rings. The molecule has 6 nitrogen and oxygen atoms in total. The average molecular weight is 432 g/mol. The molecule has 150 valence electrons. The summed E-state index contributed by atoms with van der Waals surface area (Å²) in [5, 5.41) is 3.96. The van der Waals surface area contributed by atoms with Crippen LogP contribution >= 0.6 is 23.2 Å². The Bertz CT molecular complexity index is 1140. The van der Waals surface area contributed by atoms with E-state index in [2.05, 4.69) is 10.3 Å². The number of nitrogens with zero attached hydrogens (tertiary/aromatic N) is 2. The molecule has 0 saturated heterocycles. The van der Waals surface area contributed by atoms with Crippen molar-refractivity contribution in [3.63, 3.8) is 0 Å². The molecule has 1 amide bonds. The molecule has 0 saturated carbocycles. The van der Waals surface area contributed by atoms with Crippen molar-refractivity contribution < 1.29 is 9.53 Å². The first-order chi connectivity index (χ1) is 14.0. The van der Waals surface area contributed by atoms with Crippen LogP contribution in [-0.4, -0.2) is 22.1 Å². The van der Waals surface area contributed by atoms with Gasteiger partial charge in [0.05, 0.1) is 20.9 Å². The Kier molecular flexibility index (Phi) is 5.74. The van der Waals surface area contributed by atoms with Crippen LogP contribution in [0.3, 0.4) is 0 Å². The largest absolute Gasteiger partial charge is 0.484 e. The van der Waals surface area contributed by atoms with E-state index in [1.165, 1.54) is 0 Å². The molecule has 0 bridgehead atoms. The van der Waals surface area contributed by atoms with E-state index in [1.54, 1.807) is 41.0 Å². The zero-order chi connectivity index (χ0) is 20.4. The third-order valence-corrected chi connectivity index (χ3v) is 5.60. The summed E-state index contributed by atoms with van der Waals surface area (Å²) in [4.78, 5) is 29.7. The maximum absolute atomic E-state index is 12.9. The quantitative estimate of drug-likeness (QED) is 0.662. The van der Waals surface area contributed by atoms with E-state index < -0.39 is 0 Å². The first-order valence-corrected chi connectivity index (χ1v) is 10.2. The molecule has 29 heavy (non-hydrogen) atoms. The second kappa shape index (κ2) is 8.43. The normalized spacial score (nSPS) is 13.6. The van der Waals surface area contributed by atoms with Crippen LogP contribution in [0, 0.1) is 0 Å². The molecule has 2 aromatic carbocycles. The van der Waals surface area contributed by atoms with Crippen molar-refractivity contribution in [1.82, 2.24) is 9.55 Å². The Morgan fingerprint density at radius 2 is 1.97 bits per heavy atom. The molecule has 1 aliphatic rings. The Balaban J connectivity index is 1.49. The predicted octanol–water partition coefficient (Wildman–Crippen LogP) is 4.45. The number of amides is 1. The third kappa shape index (κ3) is 4.38. The zero-order valence-electron chi connectivity index (χ0n) is 15.6. The van der Waals surface area contributed by atoms with Crippen molar-refractivity contribution in [3.8, 4) is 5.75 Å². The van der Waals surface area contributed by atoms with E-state index in [1.807, 2.05) is 0 Å². The SMILES string of the molecule is O=C(COc1ccc2nc3n(c(=O)c2c1)CCCCC3)Nc1ccc(Cl)c(Cl)c1. The summed E-state index contributed by atoms with van der Waals surface area (Å²) in [5.41, 5.74) is 1.12. The fourth-order valence-corrected chi connectivity index (χ4v) is 3.70. The van der Waals surface area contributed by atoms with E-state index >= 15 is 0 Å². The van der Waals surface area contributed by atoms with E-state index in [9.17, 15) is 9.59 Å². The van der Waals surface area contributed by atoms with Gasteiger partial charge < -0.3 is 10.1 Å². The minimum atomic E-state index is -0.347. The summed E-state index contributed by atoms with van der Waals surface area (Å²) >= 11 is 11.8. The maximum Gasteiger partial charge on any atom is 0.262 e. The van der Waals surface area contributed by atoms with E-state index in [4.69, 9.17) is 27.9 Å². The summed E-state index contributed by atoms with van der Waals surface area (Å²) in [5.74, 6) is 0.935. The minimum Gasteiger partial charge on any atom is -0.484 e. The lowest BCUT2D eigenvalue weighted by Gasteiger charge is -2.12. The molecule has 1 aliphatic heterocycles. The molecule has 2 heterocycles. The van der Waals surface area contributed by atoms with Gasteiger partial charge in [-0.25, -0.2) is 4.98 Å². The number of carbonyl (C=O) groups is 1. The van der Waals surface area contributed by atoms with Crippen LogP contribution in [0.2, 0.25) is 10.0 Å². The molecule has 0 unspecified atom stereocenters. The van der Waals surface area contributed by atoms with Gasteiger partial charge in [-0.1, -0.05) is 29.6 Å². The Morgan fingerprint density at radius 1 is 1.10 bits per heavy atom. The van der Waals surface area contributed by atoms with Crippen molar-refractivity contribution in [2.45, 2.75) is 32.2 Å². The molecule has 0 spiro atoms. The van der Waals surface area contributed by atoms with E-state index in [0.717, 1.165) is 31.5 Å². The molecule has 1 N–H and O–H groups in total. The molecular formula is C21H19Cl2N3O3. The van der Waals surface area contributed by atoms with Crippen LogP contribution in [0.25, 0.3) is 10.9 Å². The van der Waals surface area contributed by atoms with Gasteiger partial charge in [0.2, 0.25) is 0 Å². The van der Waals surface area contributed by atoms with Gasteiger partial charge in [0, 0.05) is 18.7 Å². The van der Waals surface area contributed by atoms with Crippen molar-refractivity contribution in [2.75, 3.05) is 11.9 Å². The molecule has 8 heteroatoms. The monoisotopic (exact) mass is 431 g/mol. The highest BCUT2D eigenvalue weighted by atomic mass is 35.5.